The van der Waals surface area contributed by atoms with Crippen LogP contribution in [0.2, 0.25) is 0 Å². The Morgan fingerprint density at radius 1 is 0.846 bits per heavy atom. The highest BCUT2D eigenvalue weighted by atomic mass is 32.2. The number of nitrogens with zero attached hydrogens (tertiary/aromatic N) is 2. The summed E-state index contributed by atoms with van der Waals surface area (Å²) in [7, 11) is -4.08. The van der Waals surface area contributed by atoms with Gasteiger partial charge in [-0.15, -0.1) is 0 Å². The molecule has 0 spiro atoms. The van der Waals surface area contributed by atoms with Gasteiger partial charge >= 0.3 is 0 Å². The van der Waals surface area contributed by atoms with E-state index in [0.29, 0.717) is 12.2 Å². The topological polar surface area (TPSA) is 86.8 Å². The van der Waals surface area contributed by atoms with Crippen LogP contribution >= 0.6 is 0 Å². The lowest BCUT2D eigenvalue weighted by atomic mass is 10.1. The minimum Gasteiger partial charge on any atom is -0.354 e. The molecule has 3 aromatic carbocycles. The third-order valence-corrected chi connectivity index (χ3v) is 8.42. The van der Waals surface area contributed by atoms with Gasteiger partial charge in [-0.05, 0) is 74.6 Å². The fourth-order valence-corrected chi connectivity index (χ4v) is 5.56. The molecule has 0 aliphatic heterocycles. The second kappa shape index (κ2) is 12.9. The summed E-state index contributed by atoms with van der Waals surface area (Å²) >= 11 is 0. The molecule has 39 heavy (non-hydrogen) atoms. The van der Waals surface area contributed by atoms with Crippen LogP contribution in [0.3, 0.4) is 0 Å². The lowest BCUT2D eigenvalue weighted by molar-refractivity contribution is -0.139. The van der Waals surface area contributed by atoms with Gasteiger partial charge in [-0.3, -0.25) is 13.9 Å². The van der Waals surface area contributed by atoms with Gasteiger partial charge in [0, 0.05) is 13.1 Å². The molecular weight excluding hydrogens is 510 g/mol. The maximum atomic E-state index is 14.0. The Hall–Kier alpha value is -3.65. The second-order valence-corrected chi connectivity index (χ2v) is 12.3. The Labute approximate surface area is 232 Å². The Bertz CT molecular complexity index is 1400. The summed E-state index contributed by atoms with van der Waals surface area (Å²) in [5.41, 5.74) is 4.04. The fraction of sp³-hybridized carbons (Fsp3) is 0.355. The zero-order valence-electron chi connectivity index (χ0n) is 23.6. The number of nitrogens with one attached hydrogen (secondary N) is 1. The molecule has 0 heterocycles. The van der Waals surface area contributed by atoms with E-state index in [-0.39, 0.29) is 23.3 Å². The molecule has 0 aliphatic carbocycles. The number of benzene rings is 3. The minimum absolute atomic E-state index is 0.0931. The average molecular weight is 550 g/mol. The highest BCUT2D eigenvalue weighted by Crippen LogP contribution is 2.26. The van der Waals surface area contributed by atoms with E-state index in [9.17, 15) is 18.0 Å². The van der Waals surface area contributed by atoms with Crippen molar-refractivity contribution in [2.24, 2.45) is 5.92 Å². The van der Waals surface area contributed by atoms with Gasteiger partial charge < -0.3 is 10.2 Å². The normalized spacial score (nSPS) is 12.2. The smallest absolute Gasteiger partial charge is 0.264 e. The van der Waals surface area contributed by atoms with Crippen molar-refractivity contribution in [1.82, 2.24) is 10.2 Å². The molecule has 0 aromatic heterocycles. The Morgan fingerprint density at radius 3 is 2.13 bits per heavy atom. The van der Waals surface area contributed by atoms with Crippen LogP contribution in [0.5, 0.6) is 0 Å². The third kappa shape index (κ3) is 7.69. The summed E-state index contributed by atoms with van der Waals surface area (Å²) < 4.78 is 28.9. The average Bonchev–Trinajstić information content (AvgIpc) is 2.89. The number of sulfonamides is 1. The summed E-state index contributed by atoms with van der Waals surface area (Å²) in [5, 5.41) is 2.91. The van der Waals surface area contributed by atoms with Gasteiger partial charge in [0.25, 0.3) is 10.0 Å². The number of hydrogen-bond acceptors (Lipinski definition) is 4. The van der Waals surface area contributed by atoms with Crippen molar-refractivity contribution in [1.29, 1.82) is 0 Å². The van der Waals surface area contributed by atoms with E-state index >= 15 is 0 Å². The Kier molecular flexibility index (Phi) is 9.92. The first-order chi connectivity index (χ1) is 18.4. The van der Waals surface area contributed by atoms with Gasteiger partial charge in [-0.25, -0.2) is 8.42 Å². The van der Waals surface area contributed by atoms with Crippen LogP contribution < -0.4 is 9.62 Å². The van der Waals surface area contributed by atoms with Crippen LogP contribution in [0, 0.1) is 26.7 Å². The quantitative estimate of drug-likeness (QED) is 0.365. The van der Waals surface area contributed by atoms with Gasteiger partial charge in [0.05, 0.1) is 10.6 Å². The Morgan fingerprint density at radius 2 is 1.51 bits per heavy atom. The van der Waals surface area contributed by atoms with Crippen molar-refractivity contribution < 1.29 is 18.0 Å². The SMILES string of the molecule is Cc1ccc(S(=O)(=O)N(CC(=O)N(Cc2ccccc2C)[C@H](C)C(=O)NCC(C)C)c2cccc(C)c2)cc1. The zero-order chi connectivity index (χ0) is 28.7. The summed E-state index contributed by atoms with van der Waals surface area (Å²) in [4.78, 5) is 28.6. The van der Waals surface area contributed by atoms with Crippen molar-refractivity contribution >= 4 is 27.5 Å². The Balaban J connectivity index is 2.02. The lowest BCUT2D eigenvalue weighted by Gasteiger charge is -2.32. The molecule has 0 radical (unpaired) electrons. The van der Waals surface area contributed by atoms with Gasteiger partial charge in [-0.1, -0.05) is 67.9 Å². The molecular formula is C31H39N3O4S. The van der Waals surface area contributed by atoms with Crippen LogP contribution in [-0.4, -0.2) is 44.3 Å². The van der Waals surface area contributed by atoms with E-state index in [1.54, 1.807) is 49.4 Å². The van der Waals surface area contributed by atoms with Crippen LogP contribution in [0.4, 0.5) is 5.69 Å². The van der Waals surface area contributed by atoms with Gasteiger partial charge in [-0.2, -0.15) is 0 Å². The lowest BCUT2D eigenvalue weighted by Crippen LogP contribution is -2.51. The number of rotatable bonds is 11. The first kappa shape index (κ1) is 29.9. The molecule has 1 atom stereocenters. The van der Waals surface area contributed by atoms with E-state index in [4.69, 9.17) is 0 Å². The monoisotopic (exact) mass is 549 g/mol. The van der Waals surface area contributed by atoms with Gasteiger partial charge in [0.15, 0.2) is 0 Å². The van der Waals surface area contributed by atoms with E-state index in [0.717, 1.165) is 26.6 Å². The van der Waals surface area contributed by atoms with E-state index < -0.39 is 28.5 Å². The molecule has 0 fully saturated rings. The molecule has 1 N–H and O–H groups in total. The fourth-order valence-electron chi connectivity index (χ4n) is 4.16. The number of anilines is 1. The number of carbonyl (C=O) groups excluding carboxylic acids is 2. The van der Waals surface area contributed by atoms with Crippen molar-refractivity contribution in [3.8, 4) is 0 Å². The van der Waals surface area contributed by atoms with Crippen LogP contribution in [0.1, 0.15) is 43.0 Å². The molecule has 7 nitrogen and oxygen atoms in total. The molecule has 2 amide bonds. The van der Waals surface area contributed by atoms with E-state index in [1.807, 2.05) is 65.0 Å². The summed E-state index contributed by atoms with van der Waals surface area (Å²) in [6, 6.07) is 20.5. The van der Waals surface area contributed by atoms with Crippen LogP contribution in [0.25, 0.3) is 0 Å². The summed E-state index contributed by atoms with van der Waals surface area (Å²) in [5.74, 6) is -0.505. The maximum Gasteiger partial charge on any atom is 0.264 e. The molecule has 0 unspecified atom stereocenters. The number of hydrogen-bond donors (Lipinski definition) is 1. The number of carbonyl (C=O) groups is 2. The van der Waals surface area contributed by atoms with Crippen LogP contribution in [-0.2, 0) is 26.2 Å². The number of aryl methyl sites for hydroxylation is 3. The molecule has 208 valence electrons. The molecule has 0 bridgehead atoms. The maximum absolute atomic E-state index is 14.0. The minimum atomic E-state index is -4.08. The first-order valence-corrected chi connectivity index (χ1v) is 14.6. The third-order valence-electron chi connectivity index (χ3n) is 6.63. The van der Waals surface area contributed by atoms with Crippen molar-refractivity contribution in [2.75, 3.05) is 17.4 Å². The van der Waals surface area contributed by atoms with Crippen LogP contribution in [0.15, 0.2) is 77.7 Å². The summed E-state index contributed by atoms with van der Waals surface area (Å²) in [6.45, 7) is 11.6. The number of amides is 2. The highest BCUT2D eigenvalue weighted by molar-refractivity contribution is 7.92. The molecule has 0 aliphatic rings. The summed E-state index contributed by atoms with van der Waals surface area (Å²) in [6.07, 6.45) is 0. The molecule has 8 heteroatoms. The predicted molar refractivity (Wildman–Crippen MR) is 156 cm³/mol. The predicted octanol–water partition coefficient (Wildman–Crippen LogP) is 5.00. The zero-order valence-corrected chi connectivity index (χ0v) is 24.5. The van der Waals surface area contributed by atoms with Gasteiger partial charge in [0.1, 0.15) is 12.6 Å². The van der Waals surface area contributed by atoms with Crippen molar-refractivity contribution in [2.45, 2.75) is 59.0 Å². The van der Waals surface area contributed by atoms with E-state index in [1.165, 1.54) is 4.90 Å². The standard InChI is InChI=1S/C31H39N3O4S/c1-22(2)19-32-31(36)26(6)33(20-27-12-8-7-11-25(27)5)30(35)21-34(28-13-9-10-24(4)18-28)39(37,38)29-16-14-23(3)15-17-29/h7-18,22,26H,19-21H2,1-6H3,(H,32,36)/t26-/m1/s1. The molecule has 0 saturated heterocycles. The highest BCUT2D eigenvalue weighted by Gasteiger charge is 2.32. The molecule has 3 rings (SSSR count). The first-order valence-electron chi connectivity index (χ1n) is 13.2. The van der Waals surface area contributed by atoms with Crippen molar-refractivity contribution in [3.05, 3.63) is 95.1 Å². The van der Waals surface area contributed by atoms with Crippen molar-refractivity contribution in [3.63, 3.8) is 0 Å². The van der Waals surface area contributed by atoms with Gasteiger partial charge in [0.2, 0.25) is 11.8 Å². The molecule has 0 saturated carbocycles. The van der Waals surface area contributed by atoms with E-state index in [2.05, 4.69) is 5.32 Å². The second-order valence-electron chi connectivity index (χ2n) is 10.4. The largest absolute Gasteiger partial charge is 0.354 e. The molecule has 3 aromatic rings.